The summed E-state index contributed by atoms with van der Waals surface area (Å²) in [7, 11) is 1.55. The van der Waals surface area contributed by atoms with Gasteiger partial charge in [0.15, 0.2) is 6.23 Å². The zero-order valence-corrected chi connectivity index (χ0v) is 27.8. The molecule has 51 heavy (non-hydrogen) atoms. The molecular weight excluding hydrogens is 676 g/mol. The van der Waals surface area contributed by atoms with Crippen LogP contribution in [0, 0.1) is 12.7 Å². The van der Waals surface area contributed by atoms with Gasteiger partial charge in [-0.3, -0.25) is 24.6 Å². The predicted octanol–water partition coefficient (Wildman–Crippen LogP) is 4.82. The third kappa shape index (κ3) is 6.76. The minimum atomic E-state index is -4.63. The average molecular weight is 711 g/mol. The van der Waals surface area contributed by atoms with Gasteiger partial charge in [0, 0.05) is 49.0 Å². The van der Waals surface area contributed by atoms with Crippen LogP contribution in [0.25, 0.3) is 10.9 Å². The van der Waals surface area contributed by atoms with E-state index in [1.54, 1.807) is 44.3 Å². The number of carbonyl (C=O) groups is 3. The van der Waals surface area contributed by atoms with Gasteiger partial charge in [0.05, 0.1) is 48.5 Å². The van der Waals surface area contributed by atoms with E-state index in [0.29, 0.717) is 27.7 Å². The highest BCUT2D eigenvalue weighted by molar-refractivity contribution is 6.10. The van der Waals surface area contributed by atoms with Gasteiger partial charge in [0.2, 0.25) is 0 Å². The summed E-state index contributed by atoms with van der Waals surface area (Å²) in [6, 6.07) is 6.46. The molecule has 1 unspecified atom stereocenters. The van der Waals surface area contributed by atoms with Crippen LogP contribution in [0.2, 0.25) is 0 Å². The van der Waals surface area contributed by atoms with Crippen molar-refractivity contribution < 1.29 is 46.5 Å². The van der Waals surface area contributed by atoms with Crippen molar-refractivity contribution in [2.75, 3.05) is 48.1 Å². The van der Waals surface area contributed by atoms with Crippen LogP contribution in [0.4, 0.5) is 39.4 Å². The number of alkyl halides is 3. The summed E-state index contributed by atoms with van der Waals surface area (Å²) in [5.74, 6) is -2.85. The molecule has 0 aliphatic carbocycles. The second-order valence-corrected chi connectivity index (χ2v) is 12.1. The lowest BCUT2D eigenvalue weighted by molar-refractivity contribution is -0.167. The largest absolute Gasteiger partial charge is 0.464 e. The minimum absolute atomic E-state index is 0.0134. The number of aliphatic hydroxyl groups is 1. The van der Waals surface area contributed by atoms with Gasteiger partial charge in [-0.15, -0.1) is 0 Å². The molecule has 4 aromatic rings. The first-order valence-electron chi connectivity index (χ1n) is 16.1. The zero-order chi connectivity index (χ0) is 36.6. The first-order valence-corrected chi connectivity index (χ1v) is 16.1. The Labute approximate surface area is 289 Å². The van der Waals surface area contributed by atoms with Crippen LogP contribution in [0.5, 0.6) is 0 Å². The number of fused-ring (bicyclic) bond motifs is 2. The van der Waals surface area contributed by atoms with E-state index in [0.717, 1.165) is 11.0 Å². The molecule has 2 aliphatic rings. The van der Waals surface area contributed by atoms with E-state index in [4.69, 9.17) is 9.47 Å². The molecule has 3 atom stereocenters. The van der Waals surface area contributed by atoms with Crippen molar-refractivity contribution in [1.82, 2.24) is 15.3 Å². The molecular formula is C35H34F4N6O6. The topological polar surface area (TPSA) is 137 Å². The smallest absolute Gasteiger partial charge is 0.411 e. The fraction of sp³-hybridized carbons (Fsp3) is 0.343. The van der Waals surface area contributed by atoms with Crippen molar-refractivity contribution in [2.24, 2.45) is 0 Å². The number of aryl methyl sites for hydroxylation is 1. The first-order chi connectivity index (χ1) is 24.3. The number of ether oxygens (including phenoxy) is 2. The second-order valence-electron chi connectivity index (χ2n) is 12.1. The fourth-order valence-electron chi connectivity index (χ4n) is 6.48. The number of morpholine rings is 1. The van der Waals surface area contributed by atoms with Crippen LogP contribution in [-0.2, 0) is 20.7 Å². The van der Waals surface area contributed by atoms with E-state index in [1.807, 2.05) is 0 Å². The Morgan fingerprint density at radius 1 is 1.16 bits per heavy atom. The summed E-state index contributed by atoms with van der Waals surface area (Å²) in [5.41, 5.74) is 1.57. The van der Waals surface area contributed by atoms with Crippen LogP contribution in [0.1, 0.15) is 40.2 Å². The van der Waals surface area contributed by atoms with E-state index >= 15 is 4.39 Å². The molecule has 0 radical (unpaired) electrons. The summed E-state index contributed by atoms with van der Waals surface area (Å²) in [6.07, 6.45) is -1.65. The van der Waals surface area contributed by atoms with Crippen LogP contribution in [0.3, 0.4) is 0 Å². The van der Waals surface area contributed by atoms with E-state index in [9.17, 15) is 32.7 Å². The number of anilines is 3. The number of aromatic nitrogens is 2. The summed E-state index contributed by atoms with van der Waals surface area (Å²) in [5, 5.41) is 14.3. The molecule has 12 nitrogen and oxygen atoms in total. The van der Waals surface area contributed by atoms with Gasteiger partial charge in [-0.2, -0.15) is 13.2 Å². The minimum Gasteiger partial charge on any atom is -0.464 e. The molecule has 6 rings (SSSR count). The fourth-order valence-corrected chi connectivity index (χ4v) is 6.48. The number of nitrogens with zero attached hydrogens (tertiary/aromatic N) is 5. The van der Waals surface area contributed by atoms with E-state index in [1.165, 1.54) is 41.4 Å². The van der Waals surface area contributed by atoms with Gasteiger partial charge in [0.25, 0.3) is 5.91 Å². The zero-order valence-electron chi connectivity index (χ0n) is 27.8. The first kappa shape index (κ1) is 35.5. The van der Waals surface area contributed by atoms with Crippen LogP contribution < -0.4 is 20.0 Å². The normalized spacial score (nSPS) is 18.4. The van der Waals surface area contributed by atoms with Crippen LogP contribution in [-0.4, -0.2) is 84.7 Å². The highest BCUT2D eigenvalue weighted by Gasteiger charge is 2.46. The maximum Gasteiger partial charge on any atom is 0.411 e. The van der Waals surface area contributed by atoms with E-state index in [2.05, 4.69) is 15.3 Å². The van der Waals surface area contributed by atoms with Crippen LogP contribution in [0.15, 0.2) is 61.1 Å². The Balaban J connectivity index is 1.31. The third-order valence-corrected chi connectivity index (χ3v) is 8.95. The monoisotopic (exact) mass is 710 g/mol. The molecule has 2 aromatic carbocycles. The summed E-state index contributed by atoms with van der Waals surface area (Å²) < 4.78 is 67.0. The number of halogens is 4. The lowest BCUT2D eigenvalue weighted by atomic mass is 9.98. The number of carbonyl (C=O) groups excluding carboxylic acids is 3. The molecule has 0 saturated carbocycles. The molecule has 1 fully saturated rings. The highest BCUT2D eigenvalue weighted by atomic mass is 19.4. The number of rotatable bonds is 8. The standard InChI is InChI=1S/C35H34F4N6O6/c1-4-51-33(48)25(42-31(46)29-19(2)14-21(16-24(29)36)44-12-13-50-18-28(44)35(37,38)39)15-20-7-8-26(30-22(20)6-5-10-41-30)45-32(47)23-9-11-40-17-27(23)43(3)34(45)49/h5-11,14,16-17,25,28,32,47H,4,12-13,15,18H2,1-3H3,(H,42,46)/t25-,28+,32?/m0/s1. The number of hydrogen-bond acceptors (Lipinski definition) is 9. The molecule has 2 aromatic heterocycles. The Morgan fingerprint density at radius 3 is 2.67 bits per heavy atom. The SMILES string of the molecule is CCOC(=O)[C@H](Cc1ccc(N2C(=O)N(C)c3cnccc3C2O)c2ncccc12)NC(=O)c1c(C)cc(N2CCOC[C@@H]2C(F)(F)F)cc1F. The lowest BCUT2D eigenvalue weighted by Gasteiger charge is -2.38. The van der Waals surface area contributed by atoms with Gasteiger partial charge in [-0.05, 0) is 55.3 Å². The number of esters is 1. The van der Waals surface area contributed by atoms with Crippen molar-refractivity contribution in [2.45, 2.75) is 44.8 Å². The van der Waals surface area contributed by atoms with E-state index < -0.39 is 60.4 Å². The number of urea groups is 1. The van der Waals surface area contributed by atoms with Crippen molar-refractivity contribution in [3.8, 4) is 0 Å². The molecule has 0 bridgehead atoms. The molecule has 4 heterocycles. The van der Waals surface area contributed by atoms with Gasteiger partial charge >= 0.3 is 18.2 Å². The number of hydrogen-bond donors (Lipinski definition) is 2. The van der Waals surface area contributed by atoms with Gasteiger partial charge in [0.1, 0.15) is 17.9 Å². The molecule has 3 amide bonds. The molecule has 2 N–H and O–H groups in total. The van der Waals surface area contributed by atoms with Crippen LogP contribution >= 0.6 is 0 Å². The Kier molecular flexibility index (Phi) is 9.81. The quantitative estimate of drug-likeness (QED) is 0.195. The molecule has 16 heteroatoms. The molecule has 2 aliphatic heterocycles. The summed E-state index contributed by atoms with van der Waals surface area (Å²) in [4.78, 5) is 52.3. The van der Waals surface area contributed by atoms with Crippen molar-refractivity contribution in [3.05, 3.63) is 89.1 Å². The average Bonchev–Trinajstić information content (AvgIpc) is 3.10. The van der Waals surface area contributed by atoms with Crippen molar-refractivity contribution in [1.29, 1.82) is 0 Å². The van der Waals surface area contributed by atoms with E-state index in [-0.39, 0.29) is 43.1 Å². The Morgan fingerprint density at radius 2 is 1.94 bits per heavy atom. The third-order valence-electron chi connectivity index (χ3n) is 8.95. The maximum atomic E-state index is 15.6. The number of pyridine rings is 2. The predicted molar refractivity (Wildman–Crippen MR) is 178 cm³/mol. The van der Waals surface area contributed by atoms with Gasteiger partial charge in [-0.25, -0.2) is 14.0 Å². The lowest BCUT2D eigenvalue weighted by Crippen LogP contribution is -2.53. The highest BCUT2D eigenvalue weighted by Crippen LogP contribution is 2.40. The second kappa shape index (κ2) is 14.1. The molecule has 268 valence electrons. The number of amides is 3. The number of benzene rings is 2. The summed E-state index contributed by atoms with van der Waals surface area (Å²) in [6.45, 7) is 2.22. The Bertz CT molecular complexity index is 1970. The number of aliphatic hydroxyl groups excluding tert-OH is 1. The molecule has 1 saturated heterocycles. The Hall–Kier alpha value is -5.35. The van der Waals surface area contributed by atoms with Crippen molar-refractivity contribution in [3.63, 3.8) is 0 Å². The van der Waals surface area contributed by atoms with Gasteiger partial charge < -0.3 is 24.8 Å². The number of nitrogens with one attached hydrogen (secondary N) is 1. The summed E-state index contributed by atoms with van der Waals surface area (Å²) >= 11 is 0. The van der Waals surface area contributed by atoms with Gasteiger partial charge in [-0.1, -0.05) is 12.1 Å². The van der Waals surface area contributed by atoms with Crippen molar-refractivity contribution >= 4 is 45.9 Å². The maximum absolute atomic E-state index is 15.6. The molecule has 0 spiro atoms.